The number of halogens is 3. The quantitative estimate of drug-likeness (QED) is 0.751. The first-order valence-corrected chi connectivity index (χ1v) is 6.38. The SMILES string of the molecule is NC(=S)CN(CCCC(F)(F)F)C1CCCC1. The number of hydrogen-bond donors (Lipinski definition) is 1. The van der Waals surface area contributed by atoms with Crippen molar-refractivity contribution in [2.24, 2.45) is 5.73 Å². The average Bonchev–Trinajstić information content (AvgIpc) is 2.66. The maximum absolute atomic E-state index is 12.1. The van der Waals surface area contributed by atoms with Crippen LogP contribution in [0.25, 0.3) is 0 Å². The minimum atomic E-state index is -4.06. The Kier molecular flexibility index (Phi) is 5.66. The van der Waals surface area contributed by atoms with Crippen LogP contribution in [-0.4, -0.2) is 35.2 Å². The van der Waals surface area contributed by atoms with Crippen LogP contribution in [-0.2, 0) is 0 Å². The van der Waals surface area contributed by atoms with Gasteiger partial charge < -0.3 is 5.73 Å². The molecule has 0 bridgehead atoms. The van der Waals surface area contributed by atoms with Crippen molar-refractivity contribution < 1.29 is 13.2 Å². The van der Waals surface area contributed by atoms with E-state index in [1.54, 1.807) is 0 Å². The van der Waals surface area contributed by atoms with Gasteiger partial charge in [-0.15, -0.1) is 0 Å². The molecule has 0 aliphatic heterocycles. The van der Waals surface area contributed by atoms with Crippen LogP contribution < -0.4 is 5.73 Å². The van der Waals surface area contributed by atoms with E-state index in [-0.39, 0.29) is 6.42 Å². The van der Waals surface area contributed by atoms with E-state index in [9.17, 15) is 13.2 Å². The molecule has 17 heavy (non-hydrogen) atoms. The number of alkyl halides is 3. The zero-order valence-corrected chi connectivity index (χ0v) is 10.6. The highest BCUT2D eigenvalue weighted by molar-refractivity contribution is 7.80. The topological polar surface area (TPSA) is 29.3 Å². The number of hydrogen-bond acceptors (Lipinski definition) is 2. The fourth-order valence-corrected chi connectivity index (χ4v) is 2.51. The maximum Gasteiger partial charge on any atom is 0.389 e. The third-order valence-electron chi connectivity index (χ3n) is 3.11. The zero-order valence-electron chi connectivity index (χ0n) is 9.80. The maximum atomic E-state index is 12.1. The summed E-state index contributed by atoms with van der Waals surface area (Å²) in [7, 11) is 0. The van der Waals surface area contributed by atoms with Crippen LogP contribution in [0.2, 0.25) is 0 Å². The highest BCUT2D eigenvalue weighted by Crippen LogP contribution is 2.25. The van der Waals surface area contributed by atoms with Gasteiger partial charge in [0.2, 0.25) is 0 Å². The van der Waals surface area contributed by atoms with Gasteiger partial charge in [0.05, 0.1) is 4.99 Å². The number of nitrogens with two attached hydrogens (primary N) is 1. The van der Waals surface area contributed by atoms with Gasteiger partial charge in [-0.2, -0.15) is 13.2 Å². The van der Waals surface area contributed by atoms with Gasteiger partial charge in [0, 0.05) is 19.0 Å². The Morgan fingerprint density at radius 1 is 1.29 bits per heavy atom. The molecular formula is C11H19F3N2S. The molecule has 100 valence electrons. The van der Waals surface area contributed by atoms with Crippen molar-refractivity contribution in [1.29, 1.82) is 0 Å². The summed E-state index contributed by atoms with van der Waals surface area (Å²) in [5.74, 6) is 0. The molecule has 0 aromatic carbocycles. The lowest BCUT2D eigenvalue weighted by atomic mass is 10.2. The molecule has 0 unspecified atom stereocenters. The van der Waals surface area contributed by atoms with Crippen molar-refractivity contribution in [3.05, 3.63) is 0 Å². The van der Waals surface area contributed by atoms with Gasteiger partial charge >= 0.3 is 6.18 Å². The van der Waals surface area contributed by atoms with E-state index in [1.807, 2.05) is 4.90 Å². The third-order valence-corrected chi connectivity index (χ3v) is 3.23. The third kappa shape index (κ3) is 6.21. The Bertz CT molecular complexity index is 250. The van der Waals surface area contributed by atoms with E-state index >= 15 is 0 Å². The van der Waals surface area contributed by atoms with Crippen molar-refractivity contribution in [3.63, 3.8) is 0 Å². The Morgan fingerprint density at radius 2 is 1.88 bits per heavy atom. The minimum absolute atomic E-state index is 0.128. The van der Waals surface area contributed by atoms with E-state index < -0.39 is 12.6 Å². The fourth-order valence-electron chi connectivity index (χ4n) is 2.34. The van der Waals surface area contributed by atoms with Crippen LogP contribution in [0.1, 0.15) is 38.5 Å². The normalized spacial score (nSPS) is 17.9. The molecule has 1 aliphatic rings. The molecule has 0 saturated heterocycles. The van der Waals surface area contributed by atoms with Crippen LogP contribution in [0.15, 0.2) is 0 Å². The molecule has 2 N–H and O–H groups in total. The number of thiocarbonyl (C=S) groups is 1. The molecule has 1 fully saturated rings. The molecule has 0 atom stereocenters. The molecule has 0 amide bonds. The monoisotopic (exact) mass is 268 g/mol. The van der Waals surface area contributed by atoms with Gasteiger partial charge in [0.15, 0.2) is 0 Å². The van der Waals surface area contributed by atoms with Crippen molar-refractivity contribution in [3.8, 4) is 0 Å². The van der Waals surface area contributed by atoms with Gasteiger partial charge in [-0.1, -0.05) is 25.1 Å². The summed E-state index contributed by atoms with van der Waals surface area (Å²) in [5.41, 5.74) is 5.49. The van der Waals surface area contributed by atoms with Gasteiger partial charge in [0.25, 0.3) is 0 Å². The van der Waals surface area contributed by atoms with E-state index in [0.717, 1.165) is 25.7 Å². The predicted molar refractivity (Wildman–Crippen MR) is 65.9 cm³/mol. The van der Waals surface area contributed by atoms with E-state index in [2.05, 4.69) is 0 Å². The van der Waals surface area contributed by atoms with Gasteiger partial charge in [0.1, 0.15) is 0 Å². The summed E-state index contributed by atoms with van der Waals surface area (Å²) >= 11 is 4.85. The first kappa shape index (κ1) is 14.7. The van der Waals surface area contributed by atoms with Crippen LogP contribution in [0.3, 0.4) is 0 Å². The Balaban J connectivity index is 2.37. The number of rotatable bonds is 6. The van der Waals surface area contributed by atoms with Crippen molar-refractivity contribution in [2.45, 2.75) is 50.7 Å². The van der Waals surface area contributed by atoms with Crippen LogP contribution in [0.5, 0.6) is 0 Å². The first-order valence-electron chi connectivity index (χ1n) is 5.97. The lowest BCUT2D eigenvalue weighted by molar-refractivity contribution is -0.136. The molecule has 0 spiro atoms. The highest BCUT2D eigenvalue weighted by atomic mass is 32.1. The van der Waals surface area contributed by atoms with E-state index in [4.69, 9.17) is 18.0 Å². The molecule has 0 aromatic rings. The Labute approximate surface area is 105 Å². The summed E-state index contributed by atoms with van der Waals surface area (Å²) in [6, 6.07) is 0.365. The fraction of sp³-hybridized carbons (Fsp3) is 0.909. The average molecular weight is 268 g/mol. The zero-order chi connectivity index (χ0) is 12.9. The van der Waals surface area contributed by atoms with Gasteiger partial charge in [-0.3, -0.25) is 4.90 Å². The van der Waals surface area contributed by atoms with Crippen LogP contribution in [0, 0.1) is 0 Å². The molecule has 1 saturated carbocycles. The molecular weight excluding hydrogens is 249 g/mol. The highest BCUT2D eigenvalue weighted by Gasteiger charge is 2.28. The Hall–Kier alpha value is -0.360. The first-order chi connectivity index (χ1) is 7.88. The molecule has 6 heteroatoms. The second-order valence-corrected chi connectivity index (χ2v) is 5.12. The summed E-state index contributed by atoms with van der Waals surface area (Å²) in [5, 5.41) is 0. The van der Waals surface area contributed by atoms with E-state index in [1.165, 1.54) is 0 Å². The predicted octanol–water partition coefficient (Wildman–Crippen LogP) is 2.86. The van der Waals surface area contributed by atoms with Crippen molar-refractivity contribution in [2.75, 3.05) is 13.1 Å². The second-order valence-electron chi connectivity index (χ2n) is 4.59. The largest absolute Gasteiger partial charge is 0.392 e. The molecule has 0 heterocycles. The van der Waals surface area contributed by atoms with Crippen molar-refractivity contribution >= 4 is 17.2 Å². The van der Waals surface area contributed by atoms with Gasteiger partial charge in [-0.05, 0) is 25.8 Å². The summed E-state index contributed by atoms with van der Waals surface area (Å²) < 4.78 is 36.2. The van der Waals surface area contributed by atoms with Crippen LogP contribution in [0.4, 0.5) is 13.2 Å². The second kappa shape index (κ2) is 6.54. The lowest BCUT2D eigenvalue weighted by Gasteiger charge is -2.28. The standard InChI is InChI=1S/C11H19F3N2S/c12-11(13,14)6-3-7-16(8-10(15)17)9-4-1-2-5-9/h9H,1-8H2,(H2,15,17). The lowest BCUT2D eigenvalue weighted by Crippen LogP contribution is -2.40. The molecule has 0 aromatic heterocycles. The van der Waals surface area contributed by atoms with Crippen molar-refractivity contribution in [1.82, 2.24) is 4.90 Å². The van der Waals surface area contributed by atoms with Gasteiger partial charge in [-0.25, -0.2) is 0 Å². The summed E-state index contributed by atoms with van der Waals surface area (Å²) in [6.07, 6.45) is -0.264. The molecule has 0 radical (unpaired) electrons. The summed E-state index contributed by atoms with van der Waals surface area (Å²) in [4.78, 5) is 2.38. The van der Waals surface area contributed by atoms with E-state index in [0.29, 0.717) is 24.1 Å². The molecule has 1 aliphatic carbocycles. The minimum Gasteiger partial charge on any atom is -0.392 e. The summed E-state index contributed by atoms with van der Waals surface area (Å²) in [6.45, 7) is 0.874. The Morgan fingerprint density at radius 3 is 2.35 bits per heavy atom. The molecule has 2 nitrogen and oxygen atoms in total. The van der Waals surface area contributed by atoms with Crippen LogP contribution >= 0.6 is 12.2 Å². The number of nitrogens with zero attached hydrogens (tertiary/aromatic N) is 1. The molecule has 1 rings (SSSR count). The smallest absolute Gasteiger partial charge is 0.389 e.